The Hall–Kier alpha value is -1.31. The number of benzene rings is 1. The summed E-state index contributed by atoms with van der Waals surface area (Å²) in [5.74, 6) is 0.727. The lowest BCUT2D eigenvalue weighted by Crippen LogP contribution is -2.37. The first-order valence-corrected chi connectivity index (χ1v) is 6.70. The van der Waals surface area contributed by atoms with Gasteiger partial charge in [0.1, 0.15) is 6.54 Å². The topological polar surface area (TPSA) is 47.9 Å². The van der Waals surface area contributed by atoms with E-state index in [0.29, 0.717) is 6.54 Å². The molecule has 5 nitrogen and oxygen atoms in total. The summed E-state index contributed by atoms with van der Waals surface area (Å²) < 4.78 is 0. The van der Waals surface area contributed by atoms with Gasteiger partial charge in [0.25, 0.3) is 0 Å². The molecule has 0 aliphatic rings. The van der Waals surface area contributed by atoms with Crippen molar-refractivity contribution < 1.29 is 4.79 Å². The van der Waals surface area contributed by atoms with Crippen LogP contribution in [0.15, 0.2) is 35.3 Å². The number of carbonyl (C=O) groups excluding carboxylic acids is 1. The number of halogens is 1. The molecule has 0 heterocycles. The second-order valence-corrected chi connectivity index (χ2v) is 4.99. The number of carbonyl (C=O) groups is 1. The molecule has 0 aliphatic carbocycles. The van der Waals surface area contributed by atoms with E-state index in [1.165, 1.54) is 5.56 Å². The van der Waals surface area contributed by atoms with Gasteiger partial charge in [0.2, 0.25) is 5.91 Å². The van der Waals surface area contributed by atoms with Crippen LogP contribution >= 0.6 is 24.0 Å². The van der Waals surface area contributed by atoms with Crippen LogP contribution < -0.4 is 5.32 Å². The second-order valence-electron chi connectivity index (χ2n) is 4.99. The van der Waals surface area contributed by atoms with Gasteiger partial charge in [0, 0.05) is 34.7 Å². The van der Waals surface area contributed by atoms with E-state index in [1.807, 2.05) is 56.2 Å². The molecule has 1 amide bonds. The van der Waals surface area contributed by atoms with Crippen molar-refractivity contribution in [2.24, 2.45) is 4.99 Å². The maximum Gasteiger partial charge on any atom is 0.241 e. The van der Waals surface area contributed by atoms with Crippen LogP contribution in [0.4, 0.5) is 0 Å². The van der Waals surface area contributed by atoms with E-state index in [-0.39, 0.29) is 36.4 Å². The van der Waals surface area contributed by atoms with Gasteiger partial charge < -0.3 is 15.1 Å². The molecule has 0 aromatic heterocycles. The lowest BCUT2D eigenvalue weighted by molar-refractivity contribution is -0.119. The van der Waals surface area contributed by atoms with Gasteiger partial charge in [0.15, 0.2) is 5.96 Å². The largest absolute Gasteiger partial charge is 0.354 e. The lowest BCUT2D eigenvalue weighted by Gasteiger charge is -2.22. The first kappa shape index (κ1) is 19.7. The molecule has 0 spiro atoms. The highest BCUT2D eigenvalue weighted by Crippen LogP contribution is 1.98. The third-order valence-corrected chi connectivity index (χ3v) is 2.74. The minimum atomic E-state index is -0.0536. The minimum absolute atomic E-state index is 0. The fraction of sp³-hybridized carbons (Fsp3) is 0.467. The summed E-state index contributed by atoms with van der Waals surface area (Å²) in [6.45, 7) is 0.790. The van der Waals surface area contributed by atoms with Crippen molar-refractivity contribution in [3.8, 4) is 0 Å². The SMILES string of the molecule is CN(C)C(=NCC(=O)NCCc1ccccc1)N(C)C.I. The molecule has 1 aromatic rings. The molecule has 0 saturated carbocycles. The smallest absolute Gasteiger partial charge is 0.241 e. The van der Waals surface area contributed by atoms with Crippen molar-refractivity contribution in [2.75, 3.05) is 41.3 Å². The van der Waals surface area contributed by atoms with Gasteiger partial charge in [-0.1, -0.05) is 30.3 Å². The van der Waals surface area contributed by atoms with Gasteiger partial charge in [0.05, 0.1) is 0 Å². The van der Waals surface area contributed by atoms with Crippen molar-refractivity contribution in [1.29, 1.82) is 0 Å². The summed E-state index contributed by atoms with van der Waals surface area (Å²) in [7, 11) is 7.64. The quantitative estimate of drug-likeness (QED) is 0.459. The molecule has 0 unspecified atom stereocenters. The van der Waals surface area contributed by atoms with Crippen LogP contribution in [-0.4, -0.2) is 62.9 Å². The van der Waals surface area contributed by atoms with Crippen LogP contribution in [-0.2, 0) is 11.2 Å². The average molecular weight is 404 g/mol. The van der Waals surface area contributed by atoms with Crippen LogP contribution in [0.5, 0.6) is 0 Å². The molecule has 0 bridgehead atoms. The average Bonchev–Trinajstić information content (AvgIpc) is 2.39. The van der Waals surface area contributed by atoms with E-state index in [0.717, 1.165) is 12.4 Å². The van der Waals surface area contributed by atoms with Crippen molar-refractivity contribution in [3.63, 3.8) is 0 Å². The predicted molar refractivity (Wildman–Crippen MR) is 98.2 cm³/mol. The molecule has 0 radical (unpaired) electrons. The van der Waals surface area contributed by atoms with E-state index >= 15 is 0 Å². The number of nitrogens with one attached hydrogen (secondary N) is 1. The Morgan fingerprint density at radius 2 is 1.67 bits per heavy atom. The van der Waals surface area contributed by atoms with E-state index in [4.69, 9.17) is 0 Å². The third-order valence-electron chi connectivity index (χ3n) is 2.74. The summed E-state index contributed by atoms with van der Waals surface area (Å²) in [6, 6.07) is 10.1. The summed E-state index contributed by atoms with van der Waals surface area (Å²) in [5.41, 5.74) is 1.22. The fourth-order valence-corrected chi connectivity index (χ4v) is 1.87. The highest BCUT2D eigenvalue weighted by Gasteiger charge is 2.06. The standard InChI is InChI=1S/C15H24N4O.HI/c1-18(2)15(19(3)4)17-12-14(20)16-11-10-13-8-6-5-7-9-13;/h5-9H,10-12H2,1-4H3,(H,16,20);1H. The monoisotopic (exact) mass is 404 g/mol. The Labute approximate surface area is 144 Å². The van der Waals surface area contributed by atoms with Gasteiger partial charge in [-0.05, 0) is 12.0 Å². The fourth-order valence-electron chi connectivity index (χ4n) is 1.87. The maximum atomic E-state index is 11.7. The number of aliphatic imine (C=N–C) groups is 1. The predicted octanol–water partition coefficient (Wildman–Crippen LogP) is 1.44. The maximum absolute atomic E-state index is 11.7. The summed E-state index contributed by atoms with van der Waals surface area (Å²) in [6.07, 6.45) is 0.838. The number of nitrogens with zero attached hydrogens (tertiary/aromatic N) is 3. The first-order chi connectivity index (χ1) is 9.50. The van der Waals surface area contributed by atoms with Crippen LogP contribution in [0.25, 0.3) is 0 Å². The van der Waals surface area contributed by atoms with Gasteiger partial charge in [-0.15, -0.1) is 24.0 Å². The van der Waals surface area contributed by atoms with E-state index in [2.05, 4.69) is 22.4 Å². The molecular formula is C15H25IN4O. The molecule has 118 valence electrons. The van der Waals surface area contributed by atoms with E-state index in [9.17, 15) is 4.79 Å². The van der Waals surface area contributed by atoms with Crippen LogP contribution in [0.2, 0.25) is 0 Å². The number of hydrogen-bond donors (Lipinski definition) is 1. The minimum Gasteiger partial charge on any atom is -0.354 e. The van der Waals surface area contributed by atoms with E-state index < -0.39 is 0 Å². The molecule has 0 aliphatic heterocycles. The van der Waals surface area contributed by atoms with Crippen molar-refractivity contribution in [2.45, 2.75) is 6.42 Å². The Kier molecular flexibility index (Phi) is 9.77. The summed E-state index contributed by atoms with van der Waals surface area (Å²) in [5, 5.41) is 2.88. The van der Waals surface area contributed by atoms with Crippen molar-refractivity contribution in [1.82, 2.24) is 15.1 Å². The first-order valence-electron chi connectivity index (χ1n) is 6.70. The van der Waals surface area contributed by atoms with Gasteiger partial charge in [-0.25, -0.2) is 4.99 Å². The Bertz CT molecular complexity index is 436. The number of amides is 1. The molecule has 0 atom stereocenters. The highest BCUT2D eigenvalue weighted by atomic mass is 127. The van der Waals surface area contributed by atoms with Gasteiger partial charge >= 0.3 is 0 Å². The normalized spacial score (nSPS) is 9.33. The molecule has 0 saturated heterocycles. The zero-order chi connectivity index (χ0) is 15.0. The Morgan fingerprint density at radius 1 is 1.10 bits per heavy atom. The molecule has 0 fully saturated rings. The zero-order valence-electron chi connectivity index (χ0n) is 13.2. The van der Waals surface area contributed by atoms with Crippen molar-refractivity contribution in [3.05, 3.63) is 35.9 Å². The van der Waals surface area contributed by atoms with Crippen LogP contribution in [0.3, 0.4) is 0 Å². The van der Waals surface area contributed by atoms with Crippen LogP contribution in [0.1, 0.15) is 5.56 Å². The molecular weight excluding hydrogens is 379 g/mol. The third kappa shape index (κ3) is 7.89. The Morgan fingerprint density at radius 3 is 2.19 bits per heavy atom. The highest BCUT2D eigenvalue weighted by molar-refractivity contribution is 14.0. The van der Waals surface area contributed by atoms with E-state index in [1.54, 1.807) is 0 Å². The lowest BCUT2D eigenvalue weighted by atomic mass is 10.1. The Balaban J connectivity index is 0.00000400. The molecule has 1 aromatic carbocycles. The number of guanidine groups is 1. The molecule has 6 heteroatoms. The number of rotatable bonds is 5. The zero-order valence-corrected chi connectivity index (χ0v) is 15.5. The van der Waals surface area contributed by atoms with Crippen LogP contribution in [0, 0.1) is 0 Å². The van der Waals surface area contributed by atoms with Gasteiger partial charge in [-0.3, -0.25) is 4.79 Å². The molecule has 1 N–H and O–H groups in total. The van der Waals surface area contributed by atoms with Gasteiger partial charge in [-0.2, -0.15) is 0 Å². The number of hydrogen-bond acceptors (Lipinski definition) is 2. The van der Waals surface area contributed by atoms with Crippen molar-refractivity contribution >= 4 is 35.8 Å². The molecule has 21 heavy (non-hydrogen) atoms. The summed E-state index contributed by atoms with van der Waals surface area (Å²) >= 11 is 0. The second kappa shape index (κ2) is 10.4. The summed E-state index contributed by atoms with van der Waals surface area (Å²) in [4.78, 5) is 19.8. The molecule has 1 rings (SSSR count).